The van der Waals surface area contributed by atoms with E-state index in [9.17, 15) is 4.79 Å². The minimum atomic E-state index is -0.522. The summed E-state index contributed by atoms with van der Waals surface area (Å²) in [4.78, 5) is 14.6. The van der Waals surface area contributed by atoms with Gasteiger partial charge in [0.2, 0.25) is 11.7 Å². The lowest BCUT2D eigenvalue weighted by molar-refractivity contribution is -0.117. The molecule has 0 atom stereocenters. The molecule has 0 radical (unpaired) electrons. The predicted molar refractivity (Wildman–Crippen MR) is 103 cm³/mol. The summed E-state index contributed by atoms with van der Waals surface area (Å²) in [6, 6.07) is 9.30. The molecule has 28 heavy (non-hydrogen) atoms. The average molecular weight is 397 g/mol. The number of aromatic nitrogens is 4. The Morgan fingerprint density at radius 2 is 2.04 bits per heavy atom. The van der Waals surface area contributed by atoms with Gasteiger partial charge in [0, 0.05) is 24.6 Å². The molecule has 3 heterocycles. The minimum absolute atomic E-state index is 0.0171. The van der Waals surface area contributed by atoms with Crippen LogP contribution in [0.15, 0.2) is 35.7 Å². The monoisotopic (exact) mass is 397 g/mol. The van der Waals surface area contributed by atoms with E-state index in [1.165, 1.54) is 22.6 Å². The van der Waals surface area contributed by atoms with Crippen LogP contribution >= 0.6 is 11.3 Å². The van der Waals surface area contributed by atoms with Crippen LogP contribution in [0.4, 0.5) is 5.69 Å². The van der Waals surface area contributed by atoms with E-state index in [2.05, 4.69) is 20.7 Å². The van der Waals surface area contributed by atoms with Crippen molar-refractivity contribution >= 4 is 22.9 Å². The van der Waals surface area contributed by atoms with Gasteiger partial charge in [-0.25, -0.2) is 0 Å². The maximum Gasteiger partial charge on any atom is 0.251 e. The Bertz CT molecular complexity index is 995. The first kappa shape index (κ1) is 17.2. The highest BCUT2D eigenvalue weighted by atomic mass is 32.1. The summed E-state index contributed by atoms with van der Waals surface area (Å²) in [5, 5.41) is 17.0. The fraction of sp³-hybridized carbons (Fsp3) is 0.368. The first-order chi connectivity index (χ1) is 13.7. The number of anilines is 1. The molecule has 144 valence electrons. The number of hydrogen-bond donors (Lipinski definition) is 1. The van der Waals surface area contributed by atoms with E-state index in [-0.39, 0.29) is 12.5 Å². The number of rotatable bonds is 4. The fourth-order valence-electron chi connectivity index (χ4n) is 3.61. The van der Waals surface area contributed by atoms with Crippen LogP contribution in [0.25, 0.3) is 10.7 Å². The first-order valence-corrected chi connectivity index (χ1v) is 10.2. The second kappa shape index (κ2) is 6.90. The van der Waals surface area contributed by atoms with E-state index in [0.717, 1.165) is 36.3 Å². The van der Waals surface area contributed by atoms with Crippen molar-refractivity contribution in [2.75, 3.05) is 5.32 Å². The second-order valence-corrected chi connectivity index (χ2v) is 7.95. The zero-order chi connectivity index (χ0) is 19.0. The quantitative estimate of drug-likeness (QED) is 0.725. The van der Waals surface area contributed by atoms with Gasteiger partial charge >= 0.3 is 0 Å². The third-order valence-corrected chi connectivity index (χ3v) is 5.78. The number of amides is 1. The molecule has 5 rings (SSSR count). The van der Waals surface area contributed by atoms with E-state index >= 15 is 0 Å². The Hall–Kier alpha value is -2.94. The summed E-state index contributed by atoms with van der Waals surface area (Å²) < 4.78 is 12.2. The van der Waals surface area contributed by atoms with Crippen LogP contribution < -0.4 is 14.8 Å². The highest BCUT2D eigenvalue weighted by Gasteiger charge is 2.42. The third-order valence-electron chi connectivity index (χ3n) is 4.91. The number of nitrogens with one attached hydrogen (secondary N) is 1. The number of tetrazole rings is 1. The molecule has 0 bridgehead atoms. The summed E-state index contributed by atoms with van der Waals surface area (Å²) >= 11 is 1.53. The molecule has 2 aliphatic rings. The first-order valence-electron chi connectivity index (χ1n) is 9.33. The predicted octanol–water partition coefficient (Wildman–Crippen LogP) is 3.47. The maximum atomic E-state index is 12.4. The van der Waals surface area contributed by atoms with Crippen LogP contribution in [-0.4, -0.2) is 31.9 Å². The van der Waals surface area contributed by atoms with Gasteiger partial charge in [-0.1, -0.05) is 12.5 Å². The summed E-state index contributed by atoms with van der Waals surface area (Å²) in [7, 11) is 0. The lowest BCUT2D eigenvalue weighted by Gasteiger charge is -2.31. The van der Waals surface area contributed by atoms with Gasteiger partial charge in [-0.05, 0) is 41.6 Å². The summed E-state index contributed by atoms with van der Waals surface area (Å²) in [6.45, 7) is -0.0171. The summed E-state index contributed by atoms with van der Waals surface area (Å²) in [6.07, 6.45) is 5.23. The van der Waals surface area contributed by atoms with Crippen molar-refractivity contribution in [2.45, 2.75) is 44.4 Å². The van der Waals surface area contributed by atoms with E-state index < -0.39 is 5.79 Å². The van der Waals surface area contributed by atoms with E-state index in [1.807, 2.05) is 35.7 Å². The fourth-order valence-corrected chi connectivity index (χ4v) is 4.26. The number of thiophene rings is 1. The number of fused-ring (bicyclic) bond motifs is 1. The van der Waals surface area contributed by atoms with Gasteiger partial charge < -0.3 is 14.8 Å². The van der Waals surface area contributed by atoms with E-state index in [0.29, 0.717) is 17.3 Å². The number of nitrogens with zero attached hydrogens (tertiary/aromatic N) is 4. The molecule has 1 spiro atoms. The molecular weight excluding hydrogens is 378 g/mol. The molecule has 1 N–H and O–H groups in total. The van der Waals surface area contributed by atoms with Crippen molar-refractivity contribution in [3.8, 4) is 22.2 Å². The molecule has 0 saturated heterocycles. The van der Waals surface area contributed by atoms with Crippen molar-refractivity contribution < 1.29 is 14.3 Å². The SMILES string of the molecule is O=C(Cn1nnc(-c2cccs2)n1)Nc1ccc2c(c1)OC1(CCCCC1)O2. The number of ether oxygens (including phenoxy) is 2. The molecule has 1 amide bonds. The van der Waals surface area contributed by atoms with E-state index in [1.54, 1.807) is 0 Å². The van der Waals surface area contributed by atoms with Crippen molar-refractivity contribution in [1.82, 2.24) is 20.2 Å². The zero-order valence-corrected chi connectivity index (χ0v) is 15.9. The highest BCUT2D eigenvalue weighted by molar-refractivity contribution is 7.13. The lowest BCUT2D eigenvalue weighted by atomic mass is 9.94. The Morgan fingerprint density at radius 3 is 2.86 bits per heavy atom. The largest absolute Gasteiger partial charge is 0.448 e. The maximum absolute atomic E-state index is 12.4. The van der Waals surface area contributed by atoms with Crippen LogP contribution in [0.3, 0.4) is 0 Å². The molecule has 3 aromatic rings. The number of carbonyl (C=O) groups is 1. The van der Waals surface area contributed by atoms with Gasteiger partial charge in [0.15, 0.2) is 11.5 Å². The van der Waals surface area contributed by atoms with Gasteiger partial charge in [-0.3, -0.25) is 4.79 Å². The Balaban J connectivity index is 1.24. The normalized spacial score (nSPS) is 17.0. The van der Waals surface area contributed by atoms with Crippen LogP contribution in [0.2, 0.25) is 0 Å². The lowest BCUT2D eigenvalue weighted by Crippen LogP contribution is -2.40. The summed E-state index contributed by atoms with van der Waals surface area (Å²) in [5.41, 5.74) is 0.652. The molecule has 0 unspecified atom stereocenters. The average Bonchev–Trinajstić information content (AvgIpc) is 3.41. The number of benzene rings is 1. The van der Waals surface area contributed by atoms with Gasteiger partial charge in [-0.2, -0.15) is 4.80 Å². The van der Waals surface area contributed by atoms with Crippen LogP contribution in [0.5, 0.6) is 11.5 Å². The second-order valence-electron chi connectivity index (χ2n) is 7.01. The molecule has 1 aromatic carbocycles. The third kappa shape index (κ3) is 3.33. The standard InChI is InChI=1S/C19H19N5O3S/c25-17(12-24-22-18(21-23-24)16-5-4-10-28-16)20-13-6-7-14-15(11-13)27-19(26-14)8-2-1-3-9-19/h4-7,10-11H,1-3,8-9,12H2,(H,20,25). The molecule has 2 aromatic heterocycles. The highest BCUT2D eigenvalue weighted by Crippen LogP contribution is 2.46. The van der Waals surface area contributed by atoms with Gasteiger partial charge in [-0.15, -0.1) is 21.5 Å². The zero-order valence-electron chi connectivity index (χ0n) is 15.1. The Labute approximate surface area is 165 Å². The van der Waals surface area contributed by atoms with Crippen LogP contribution in [-0.2, 0) is 11.3 Å². The van der Waals surface area contributed by atoms with Crippen molar-refractivity contribution in [3.63, 3.8) is 0 Å². The van der Waals surface area contributed by atoms with Crippen molar-refractivity contribution in [1.29, 1.82) is 0 Å². The Kier molecular flexibility index (Phi) is 4.23. The molecule has 1 fully saturated rings. The molecular formula is C19H19N5O3S. The van der Waals surface area contributed by atoms with Gasteiger partial charge in [0.1, 0.15) is 6.54 Å². The van der Waals surface area contributed by atoms with Gasteiger partial charge in [0.05, 0.1) is 4.88 Å². The Morgan fingerprint density at radius 1 is 1.18 bits per heavy atom. The van der Waals surface area contributed by atoms with Crippen LogP contribution in [0, 0.1) is 0 Å². The molecule has 9 heteroatoms. The smallest absolute Gasteiger partial charge is 0.251 e. The van der Waals surface area contributed by atoms with Crippen molar-refractivity contribution in [2.24, 2.45) is 0 Å². The molecule has 1 aliphatic carbocycles. The molecule has 8 nitrogen and oxygen atoms in total. The van der Waals surface area contributed by atoms with E-state index in [4.69, 9.17) is 9.47 Å². The number of carbonyl (C=O) groups excluding carboxylic acids is 1. The minimum Gasteiger partial charge on any atom is -0.448 e. The van der Waals surface area contributed by atoms with Crippen molar-refractivity contribution in [3.05, 3.63) is 35.7 Å². The summed E-state index contributed by atoms with van der Waals surface area (Å²) in [5.74, 6) is 1.17. The molecule has 1 aliphatic heterocycles. The van der Waals surface area contributed by atoms with Gasteiger partial charge in [0.25, 0.3) is 5.79 Å². The molecule has 1 saturated carbocycles. The number of hydrogen-bond acceptors (Lipinski definition) is 7. The topological polar surface area (TPSA) is 91.2 Å². The van der Waals surface area contributed by atoms with Crippen LogP contribution in [0.1, 0.15) is 32.1 Å².